The highest BCUT2D eigenvalue weighted by molar-refractivity contribution is 5.83. The third-order valence-electron chi connectivity index (χ3n) is 6.17. The molecule has 0 unspecified atom stereocenters. The topological polar surface area (TPSA) is 58.2 Å². The normalized spacial score (nSPS) is 14.9. The number of ether oxygens (including phenoxy) is 1. The van der Waals surface area contributed by atoms with Crippen molar-refractivity contribution in [1.29, 1.82) is 0 Å². The lowest BCUT2D eigenvalue weighted by atomic mass is 9.96. The molecule has 0 atom stereocenters. The SMILES string of the molecule is O=C(CCCOc1ccc2ccccc2c1)N1CCC(c2nc3ccccc3[nH]2)CC1. The van der Waals surface area contributed by atoms with E-state index in [9.17, 15) is 4.79 Å². The minimum absolute atomic E-state index is 0.227. The molecule has 0 saturated carbocycles. The highest BCUT2D eigenvalue weighted by Crippen LogP contribution is 2.28. The summed E-state index contributed by atoms with van der Waals surface area (Å²) in [4.78, 5) is 22.8. The number of amides is 1. The Kier molecular flexibility index (Phi) is 5.57. The van der Waals surface area contributed by atoms with E-state index in [1.54, 1.807) is 0 Å². The van der Waals surface area contributed by atoms with E-state index in [4.69, 9.17) is 9.72 Å². The number of carbonyl (C=O) groups is 1. The van der Waals surface area contributed by atoms with Crippen LogP contribution in [0.15, 0.2) is 66.7 Å². The molecule has 3 aromatic carbocycles. The van der Waals surface area contributed by atoms with E-state index < -0.39 is 0 Å². The highest BCUT2D eigenvalue weighted by Gasteiger charge is 2.25. The molecule has 158 valence electrons. The van der Waals surface area contributed by atoms with Gasteiger partial charge in [-0.2, -0.15) is 0 Å². The van der Waals surface area contributed by atoms with Crippen LogP contribution >= 0.6 is 0 Å². The number of aromatic amines is 1. The second-order valence-electron chi connectivity index (χ2n) is 8.26. The first-order valence-corrected chi connectivity index (χ1v) is 11.1. The summed E-state index contributed by atoms with van der Waals surface area (Å²) in [5, 5.41) is 2.37. The maximum atomic E-state index is 12.6. The zero-order chi connectivity index (χ0) is 21.0. The minimum Gasteiger partial charge on any atom is -0.494 e. The van der Waals surface area contributed by atoms with Crippen molar-refractivity contribution < 1.29 is 9.53 Å². The van der Waals surface area contributed by atoms with Crippen molar-refractivity contribution in [1.82, 2.24) is 14.9 Å². The van der Waals surface area contributed by atoms with Gasteiger partial charge in [0.2, 0.25) is 5.91 Å². The number of likely N-dealkylation sites (tertiary alicyclic amines) is 1. The Morgan fingerprint density at radius 1 is 1.00 bits per heavy atom. The molecule has 1 aromatic heterocycles. The second-order valence-corrected chi connectivity index (χ2v) is 8.26. The van der Waals surface area contributed by atoms with E-state index in [1.165, 1.54) is 10.8 Å². The second kappa shape index (κ2) is 8.80. The van der Waals surface area contributed by atoms with Crippen LogP contribution in [0.2, 0.25) is 0 Å². The van der Waals surface area contributed by atoms with Crippen LogP contribution in [0.1, 0.15) is 37.4 Å². The lowest BCUT2D eigenvalue weighted by Gasteiger charge is -2.31. The molecule has 5 nitrogen and oxygen atoms in total. The van der Waals surface area contributed by atoms with Crippen LogP contribution in [-0.4, -0.2) is 40.5 Å². The molecule has 0 radical (unpaired) electrons. The number of aromatic nitrogens is 2. The van der Waals surface area contributed by atoms with Crippen molar-refractivity contribution in [3.63, 3.8) is 0 Å². The van der Waals surface area contributed by atoms with Crippen LogP contribution in [0.5, 0.6) is 5.75 Å². The van der Waals surface area contributed by atoms with Gasteiger partial charge in [0.25, 0.3) is 0 Å². The van der Waals surface area contributed by atoms with E-state index in [0.29, 0.717) is 18.9 Å². The third-order valence-corrected chi connectivity index (χ3v) is 6.17. The standard InChI is InChI=1S/C26H27N3O2/c30-25(10-5-17-31-22-12-11-19-6-1-2-7-21(19)18-22)29-15-13-20(14-16-29)26-27-23-8-3-4-9-24(23)28-26/h1-4,6-9,11-12,18,20H,5,10,13-17H2,(H,27,28). The molecule has 1 fully saturated rings. The van der Waals surface area contributed by atoms with Gasteiger partial charge >= 0.3 is 0 Å². The Balaban J connectivity index is 1.07. The lowest BCUT2D eigenvalue weighted by molar-refractivity contribution is -0.132. The van der Waals surface area contributed by atoms with Crippen molar-refractivity contribution in [3.8, 4) is 5.75 Å². The number of hydrogen-bond donors (Lipinski definition) is 1. The summed E-state index contributed by atoms with van der Waals surface area (Å²) >= 11 is 0. The van der Waals surface area contributed by atoms with Crippen LogP contribution in [0.25, 0.3) is 21.8 Å². The first-order valence-electron chi connectivity index (χ1n) is 11.1. The number of imidazole rings is 1. The fourth-order valence-electron chi connectivity index (χ4n) is 4.40. The van der Waals surface area contributed by atoms with Gasteiger partial charge in [-0.05, 0) is 54.3 Å². The van der Waals surface area contributed by atoms with E-state index >= 15 is 0 Å². The summed E-state index contributed by atoms with van der Waals surface area (Å²) in [7, 11) is 0. The van der Waals surface area contributed by atoms with Crippen LogP contribution in [0.4, 0.5) is 0 Å². The van der Waals surface area contributed by atoms with E-state index in [-0.39, 0.29) is 5.91 Å². The molecule has 0 aliphatic carbocycles. The summed E-state index contributed by atoms with van der Waals surface area (Å²) < 4.78 is 5.87. The maximum absolute atomic E-state index is 12.6. The summed E-state index contributed by atoms with van der Waals surface area (Å²) in [5.41, 5.74) is 2.10. The zero-order valence-electron chi connectivity index (χ0n) is 17.6. The lowest BCUT2D eigenvalue weighted by Crippen LogP contribution is -2.38. The fourth-order valence-corrected chi connectivity index (χ4v) is 4.40. The molecule has 1 N–H and O–H groups in total. The molecule has 0 bridgehead atoms. The number of piperidine rings is 1. The largest absolute Gasteiger partial charge is 0.494 e. The first-order chi connectivity index (χ1) is 15.3. The Morgan fingerprint density at radius 2 is 1.77 bits per heavy atom. The molecular weight excluding hydrogens is 386 g/mol. The summed E-state index contributed by atoms with van der Waals surface area (Å²) in [5.74, 6) is 2.53. The van der Waals surface area contributed by atoms with Crippen LogP contribution < -0.4 is 4.74 Å². The number of fused-ring (bicyclic) bond motifs is 2. The zero-order valence-corrected chi connectivity index (χ0v) is 17.6. The molecule has 5 heteroatoms. The smallest absolute Gasteiger partial charge is 0.222 e. The Morgan fingerprint density at radius 3 is 2.61 bits per heavy atom. The molecule has 0 spiro atoms. The average Bonchev–Trinajstić information content (AvgIpc) is 3.26. The van der Waals surface area contributed by atoms with Gasteiger partial charge in [0.15, 0.2) is 0 Å². The monoisotopic (exact) mass is 413 g/mol. The maximum Gasteiger partial charge on any atom is 0.222 e. The Bertz CT molecular complexity index is 1160. The van der Waals surface area contributed by atoms with Gasteiger partial charge in [0.1, 0.15) is 11.6 Å². The Labute approximate surface area is 182 Å². The molecule has 1 aliphatic heterocycles. The van der Waals surface area contributed by atoms with E-state index in [0.717, 1.165) is 55.0 Å². The third kappa shape index (κ3) is 4.41. The average molecular weight is 414 g/mol. The number of carbonyl (C=O) groups excluding carboxylic acids is 1. The number of H-pyrrole nitrogens is 1. The molecule has 2 heterocycles. The van der Waals surface area contributed by atoms with Crippen LogP contribution in [0, 0.1) is 0 Å². The quantitative estimate of drug-likeness (QED) is 0.438. The van der Waals surface area contributed by atoms with E-state index in [1.807, 2.05) is 41.3 Å². The summed E-state index contributed by atoms with van der Waals surface area (Å²) in [6, 6.07) is 22.5. The van der Waals surface area contributed by atoms with Crippen molar-refractivity contribution in [3.05, 3.63) is 72.6 Å². The number of para-hydroxylation sites is 2. The van der Waals surface area contributed by atoms with Gasteiger partial charge in [-0.3, -0.25) is 4.79 Å². The van der Waals surface area contributed by atoms with Gasteiger partial charge in [0.05, 0.1) is 17.6 Å². The molecule has 1 saturated heterocycles. The molecular formula is C26H27N3O2. The number of rotatable bonds is 6. The minimum atomic E-state index is 0.227. The number of hydrogen-bond acceptors (Lipinski definition) is 3. The molecule has 31 heavy (non-hydrogen) atoms. The molecule has 1 amide bonds. The predicted octanol–water partition coefficient (Wildman–Crippen LogP) is 5.28. The van der Waals surface area contributed by atoms with Crippen LogP contribution in [0.3, 0.4) is 0 Å². The van der Waals surface area contributed by atoms with E-state index in [2.05, 4.69) is 35.3 Å². The first kappa shape index (κ1) is 19.6. The van der Waals surface area contributed by atoms with Gasteiger partial charge in [-0.1, -0.05) is 42.5 Å². The number of benzene rings is 3. The highest BCUT2D eigenvalue weighted by atomic mass is 16.5. The van der Waals surface area contributed by atoms with Gasteiger partial charge in [0, 0.05) is 25.4 Å². The van der Waals surface area contributed by atoms with Gasteiger partial charge in [-0.15, -0.1) is 0 Å². The van der Waals surface area contributed by atoms with Crippen molar-refractivity contribution >= 4 is 27.7 Å². The number of nitrogens with zero attached hydrogens (tertiary/aromatic N) is 2. The molecule has 4 aromatic rings. The van der Waals surface area contributed by atoms with Gasteiger partial charge < -0.3 is 14.6 Å². The van der Waals surface area contributed by atoms with Gasteiger partial charge in [-0.25, -0.2) is 4.98 Å². The van der Waals surface area contributed by atoms with Crippen molar-refractivity contribution in [2.24, 2.45) is 0 Å². The predicted molar refractivity (Wildman–Crippen MR) is 123 cm³/mol. The number of nitrogens with one attached hydrogen (secondary N) is 1. The molecule has 5 rings (SSSR count). The fraction of sp³-hybridized carbons (Fsp3) is 0.308. The van der Waals surface area contributed by atoms with Crippen LogP contribution in [-0.2, 0) is 4.79 Å². The van der Waals surface area contributed by atoms with Crippen molar-refractivity contribution in [2.45, 2.75) is 31.6 Å². The Hall–Kier alpha value is -3.34. The summed E-state index contributed by atoms with van der Waals surface area (Å²) in [6.07, 6.45) is 3.18. The molecule has 1 aliphatic rings. The van der Waals surface area contributed by atoms with Crippen molar-refractivity contribution in [2.75, 3.05) is 19.7 Å². The summed E-state index contributed by atoms with van der Waals surface area (Å²) in [6.45, 7) is 2.15.